The van der Waals surface area contributed by atoms with Gasteiger partial charge in [-0.3, -0.25) is 0 Å². The van der Waals surface area contributed by atoms with Crippen LogP contribution in [0.15, 0.2) is 63.8 Å². The summed E-state index contributed by atoms with van der Waals surface area (Å²) in [4.78, 5) is 33.7. The Labute approximate surface area is 169 Å². The number of halogens is 2. The normalized spacial score (nSPS) is 11.6. The second-order valence-corrected chi connectivity index (χ2v) is 7.79. The molecule has 0 atom stereocenters. The van der Waals surface area contributed by atoms with Gasteiger partial charge in [0.05, 0.1) is 21.8 Å². The van der Waals surface area contributed by atoms with E-state index in [0.717, 1.165) is 8.95 Å². The average molecular weight is 492 g/mol. The molecule has 2 aromatic heterocycles. The number of nitrogens with zero attached hydrogens (tertiary/aromatic N) is 2. The maximum absolute atomic E-state index is 12.4. The van der Waals surface area contributed by atoms with Crippen molar-refractivity contribution in [2.45, 2.75) is 19.3 Å². The van der Waals surface area contributed by atoms with E-state index in [1.807, 2.05) is 6.92 Å². The molecule has 2 heterocycles. The van der Waals surface area contributed by atoms with Crippen molar-refractivity contribution in [1.82, 2.24) is 9.97 Å². The van der Waals surface area contributed by atoms with Gasteiger partial charge in [0, 0.05) is 8.95 Å². The number of aromatic nitrogens is 2. The molecule has 136 valence electrons. The van der Waals surface area contributed by atoms with Crippen LogP contribution in [0.5, 0.6) is 0 Å². The number of rotatable bonds is 3. The lowest BCUT2D eigenvalue weighted by atomic mass is 10.1. The van der Waals surface area contributed by atoms with Gasteiger partial charge in [-0.25, -0.2) is 19.6 Å². The minimum Gasteiger partial charge on any atom is -0.407 e. The Morgan fingerprint density at radius 3 is 1.70 bits per heavy atom. The molecule has 4 rings (SSSR count). The fourth-order valence-electron chi connectivity index (χ4n) is 2.87. The van der Waals surface area contributed by atoms with Gasteiger partial charge in [-0.1, -0.05) is 38.8 Å². The molecule has 0 unspecified atom stereocenters. The molecule has 0 bridgehead atoms. The van der Waals surface area contributed by atoms with E-state index in [1.54, 1.807) is 36.4 Å². The van der Waals surface area contributed by atoms with Crippen molar-refractivity contribution < 1.29 is 8.83 Å². The van der Waals surface area contributed by atoms with Crippen LogP contribution in [0, 0.1) is 0 Å². The Balaban J connectivity index is 1.90. The molecule has 2 aromatic carbocycles. The van der Waals surface area contributed by atoms with Crippen LogP contribution >= 0.6 is 31.9 Å². The van der Waals surface area contributed by atoms with E-state index in [4.69, 9.17) is 8.83 Å². The zero-order valence-corrected chi connectivity index (χ0v) is 17.2. The summed E-state index contributed by atoms with van der Waals surface area (Å²) < 4.78 is 12.4. The monoisotopic (exact) mass is 490 g/mol. The van der Waals surface area contributed by atoms with Crippen LogP contribution in [0.4, 0.5) is 0 Å². The van der Waals surface area contributed by atoms with E-state index in [1.165, 1.54) is 0 Å². The summed E-state index contributed by atoms with van der Waals surface area (Å²) in [6.07, 6.45) is 0.496. The number of fused-ring (bicyclic) bond motifs is 2. The molecule has 0 saturated carbocycles. The topological polar surface area (TPSA) is 86.2 Å². The standard InChI is InChI=1S/C19H12Br2N2O4/c1-2-11(16-22-14-5-3-9(20)7-12(14)18(24)26-16)17-23-15-6-4-10(21)8-13(15)19(25)27-17/h3-8,11H,2H2,1H3. The SMILES string of the molecule is CCC(c1nc2ccc(Br)cc2c(=O)o1)c1nc2ccc(Br)cc2c(=O)o1. The first-order valence-corrected chi connectivity index (χ1v) is 9.75. The van der Waals surface area contributed by atoms with E-state index in [-0.39, 0.29) is 11.8 Å². The van der Waals surface area contributed by atoms with Gasteiger partial charge >= 0.3 is 11.3 Å². The Morgan fingerprint density at radius 1 is 0.852 bits per heavy atom. The highest BCUT2D eigenvalue weighted by molar-refractivity contribution is 9.10. The summed E-state index contributed by atoms with van der Waals surface area (Å²) in [5.41, 5.74) is 0.0218. The fourth-order valence-corrected chi connectivity index (χ4v) is 3.60. The molecule has 8 heteroatoms. The minimum atomic E-state index is -0.550. The van der Waals surface area contributed by atoms with Crippen molar-refractivity contribution in [2.75, 3.05) is 0 Å². The molecule has 0 amide bonds. The van der Waals surface area contributed by atoms with Gasteiger partial charge in [-0.2, -0.15) is 0 Å². The third-order valence-corrected chi connectivity index (χ3v) is 5.20. The van der Waals surface area contributed by atoms with E-state index >= 15 is 0 Å². The Hall–Kier alpha value is -2.32. The van der Waals surface area contributed by atoms with Crippen LogP contribution in [0.25, 0.3) is 21.8 Å². The van der Waals surface area contributed by atoms with Gasteiger partial charge in [0.15, 0.2) is 0 Å². The van der Waals surface area contributed by atoms with Crippen LogP contribution in [0.1, 0.15) is 31.0 Å². The van der Waals surface area contributed by atoms with Gasteiger partial charge in [0.2, 0.25) is 11.8 Å². The summed E-state index contributed by atoms with van der Waals surface area (Å²) >= 11 is 6.66. The predicted octanol–water partition coefficient (Wildman–Crippen LogP) is 4.76. The minimum absolute atomic E-state index is 0.171. The van der Waals surface area contributed by atoms with Crippen molar-refractivity contribution in [3.63, 3.8) is 0 Å². The van der Waals surface area contributed by atoms with Crippen molar-refractivity contribution >= 4 is 53.7 Å². The zero-order chi connectivity index (χ0) is 19.1. The van der Waals surface area contributed by atoms with Crippen LogP contribution in [0.3, 0.4) is 0 Å². The van der Waals surface area contributed by atoms with Crippen LogP contribution in [0.2, 0.25) is 0 Å². The van der Waals surface area contributed by atoms with Gasteiger partial charge in [-0.15, -0.1) is 0 Å². The van der Waals surface area contributed by atoms with E-state index < -0.39 is 17.2 Å². The summed E-state index contributed by atoms with van der Waals surface area (Å²) in [5.74, 6) is -0.208. The first-order valence-electron chi connectivity index (χ1n) is 8.17. The Bertz CT molecular complexity index is 1200. The first-order chi connectivity index (χ1) is 13.0. The van der Waals surface area contributed by atoms with Crippen molar-refractivity contribution in [2.24, 2.45) is 0 Å². The first kappa shape index (κ1) is 18.1. The van der Waals surface area contributed by atoms with Gasteiger partial charge in [0.1, 0.15) is 5.92 Å². The highest BCUT2D eigenvalue weighted by Crippen LogP contribution is 2.27. The molecule has 0 aliphatic rings. The van der Waals surface area contributed by atoms with E-state index in [2.05, 4.69) is 41.8 Å². The summed E-state index contributed by atoms with van der Waals surface area (Å²) in [6.45, 7) is 1.88. The lowest BCUT2D eigenvalue weighted by Gasteiger charge is -2.12. The van der Waals surface area contributed by atoms with Crippen molar-refractivity contribution in [3.05, 3.63) is 78.0 Å². The number of hydrogen-bond acceptors (Lipinski definition) is 6. The quantitative estimate of drug-likeness (QED) is 0.410. The third kappa shape index (κ3) is 3.35. The maximum Gasteiger partial charge on any atom is 0.346 e. The fraction of sp³-hybridized carbons (Fsp3) is 0.158. The van der Waals surface area contributed by atoms with Gasteiger partial charge in [0.25, 0.3) is 0 Å². The molecule has 0 saturated heterocycles. The molecule has 6 nitrogen and oxygen atoms in total. The molecular formula is C19H12Br2N2O4. The van der Waals surface area contributed by atoms with Crippen molar-refractivity contribution in [3.8, 4) is 0 Å². The molecule has 27 heavy (non-hydrogen) atoms. The van der Waals surface area contributed by atoms with Gasteiger partial charge < -0.3 is 8.83 Å². The lowest BCUT2D eigenvalue weighted by molar-refractivity contribution is 0.359. The van der Waals surface area contributed by atoms with E-state index in [9.17, 15) is 9.59 Å². The molecular weight excluding hydrogens is 480 g/mol. The second-order valence-electron chi connectivity index (χ2n) is 5.96. The molecule has 0 radical (unpaired) electrons. The van der Waals surface area contributed by atoms with Crippen LogP contribution in [-0.4, -0.2) is 9.97 Å². The number of benzene rings is 2. The number of hydrogen-bond donors (Lipinski definition) is 0. The Kier molecular flexibility index (Phi) is 4.69. The van der Waals surface area contributed by atoms with Crippen molar-refractivity contribution in [1.29, 1.82) is 0 Å². The highest BCUT2D eigenvalue weighted by atomic mass is 79.9. The molecule has 0 aliphatic carbocycles. The molecule has 0 aliphatic heterocycles. The summed E-state index contributed by atoms with van der Waals surface area (Å²) in [5, 5.41) is 0.751. The van der Waals surface area contributed by atoms with Crippen LogP contribution < -0.4 is 11.3 Å². The summed E-state index contributed by atoms with van der Waals surface area (Å²) in [7, 11) is 0. The molecule has 0 spiro atoms. The smallest absolute Gasteiger partial charge is 0.346 e. The molecule has 0 N–H and O–H groups in total. The molecule has 0 fully saturated rings. The maximum atomic E-state index is 12.4. The lowest BCUT2D eigenvalue weighted by Crippen LogP contribution is -2.14. The largest absolute Gasteiger partial charge is 0.407 e. The molecule has 4 aromatic rings. The Morgan fingerprint density at radius 2 is 1.30 bits per heavy atom. The van der Waals surface area contributed by atoms with E-state index in [0.29, 0.717) is 28.2 Å². The van der Waals surface area contributed by atoms with Crippen LogP contribution in [-0.2, 0) is 0 Å². The summed E-state index contributed by atoms with van der Waals surface area (Å²) in [6, 6.07) is 10.4. The zero-order valence-electron chi connectivity index (χ0n) is 14.0. The second kappa shape index (κ2) is 7.01. The highest BCUT2D eigenvalue weighted by Gasteiger charge is 2.24. The van der Waals surface area contributed by atoms with Gasteiger partial charge in [-0.05, 0) is 42.8 Å². The average Bonchev–Trinajstić information content (AvgIpc) is 2.64. The predicted molar refractivity (Wildman–Crippen MR) is 108 cm³/mol. The third-order valence-electron chi connectivity index (χ3n) is 4.22.